The van der Waals surface area contributed by atoms with E-state index < -0.39 is 0 Å². The summed E-state index contributed by atoms with van der Waals surface area (Å²) in [6, 6.07) is 0. The Balaban J connectivity index is 2.68. The van der Waals surface area contributed by atoms with Crippen molar-refractivity contribution in [2.45, 2.75) is 45.3 Å². The molecule has 0 nitrogen and oxygen atoms in total. The molecule has 1 rings (SSSR count). The van der Waals surface area contributed by atoms with Crippen LogP contribution in [-0.2, 0) is 0 Å². The van der Waals surface area contributed by atoms with Gasteiger partial charge >= 0.3 is 0 Å². The molecule has 0 N–H and O–H groups in total. The van der Waals surface area contributed by atoms with Gasteiger partial charge in [0.2, 0.25) is 0 Å². The topological polar surface area (TPSA) is 0 Å². The Morgan fingerprint density at radius 2 is 2.18 bits per heavy atom. The van der Waals surface area contributed by atoms with Gasteiger partial charge < -0.3 is 0 Å². The third kappa shape index (κ3) is 2.02. The predicted molar refractivity (Wildman–Crippen MR) is 53.8 cm³/mol. The molecule has 0 aromatic heterocycles. The lowest BCUT2D eigenvalue weighted by atomic mass is 9.91. The molecular formula is C10H18S. The van der Waals surface area contributed by atoms with Gasteiger partial charge in [-0.3, -0.25) is 0 Å². The zero-order valence-electron chi connectivity index (χ0n) is 7.98. The second-order valence-corrected chi connectivity index (χ2v) is 5.70. The smallest absolute Gasteiger partial charge is 0.0201 e. The van der Waals surface area contributed by atoms with Gasteiger partial charge in [-0.05, 0) is 37.5 Å². The van der Waals surface area contributed by atoms with Crippen molar-refractivity contribution >= 4 is 11.8 Å². The fourth-order valence-electron chi connectivity index (χ4n) is 1.43. The zero-order chi connectivity index (χ0) is 8.48. The zero-order valence-corrected chi connectivity index (χ0v) is 8.79. The molecule has 1 heteroatoms. The van der Waals surface area contributed by atoms with Gasteiger partial charge in [0, 0.05) is 4.75 Å². The van der Waals surface area contributed by atoms with Gasteiger partial charge in [-0.15, -0.1) is 11.8 Å². The minimum atomic E-state index is 0.499. The second-order valence-electron chi connectivity index (χ2n) is 3.92. The van der Waals surface area contributed by atoms with Crippen LogP contribution in [0.15, 0.2) is 11.0 Å². The first-order valence-corrected chi connectivity index (χ1v) is 5.22. The summed E-state index contributed by atoms with van der Waals surface area (Å²) in [5.41, 5.74) is 0. The van der Waals surface area contributed by atoms with Gasteiger partial charge in [0.1, 0.15) is 0 Å². The Morgan fingerprint density at radius 3 is 2.55 bits per heavy atom. The van der Waals surface area contributed by atoms with Crippen LogP contribution < -0.4 is 0 Å². The van der Waals surface area contributed by atoms with E-state index in [-0.39, 0.29) is 0 Å². The van der Waals surface area contributed by atoms with E-state index >= 15 is 0 Å². The predicted octanol–water partition coefficient (Wildman–Crippen LogP) is 3.83. The molecule has 0 aromatic rings. The fraction of sp³-hybridized carbons (Fsp3) is 0.800. The summed E-state index contributed by atoms with van der Waals surface area (Å²) in [5, 5.41) is 0. The van der Waals surface area contributed by atoms with Crippen LogP contribution in [0.3, 0.4) is 0 Å². The van der Waals surface area contributed by atoms with Crippen LogP contribution in [-0.4, -0.2) is 4.75 Å². The second kappa shape index (κ2) is 3.22. The molecule has 1 unspecified atom stereocenters. The molecule has 0 aliphatic carbocycles. The highest BCUT2D eigenvalue weighted by Crippen LogP contribution is 2.44. The quantitative estimate of drug-likeness (QED) is 0.576. The molecule has 0 fully saturated rings. The Bertz CT molecular complexity index is 170. The summed E-state index contributed by atoms with van der Waals surface area (Å²) in [7, 11) is 0. The summed E-state index contributed by atoms with van der Waals surface area (Å²) >= 11 is 2.06. The van der Waals surface area contributed by atoms with Gasteiger partial charge in [0.05, 0.1) is 0 Å². The van der Waals surface area contributed by atoms with Crippen molar-refractivity contribution in [3.05, 3.63) is 11.0 Å². The molecule has 1 aliphatic rings. The molecule has 0 saturated heterocycles. The van der Waals surface area contributed by atoms with E-state index in [1.54, 1.807) is 0 Å². The lowest BCUT2D eigenvalue weighted by Gasteiger charge is -2.36. The lowest BCUT2D eigenvalue weighted by molar-refractivity contribution is 0.439. The van der Waals surface area contributed by atoms with E-state index in [0.29, 0.717) is 4.75 Å². The Morgan fingerprint density at radius 1 is 1.55 bits per heavy atom. The van der Waals surface area contributed by atoms with Gasteiger partial charge in [-0.2, -0.15) is 0 Å². The van der Waals surface area contributed by atoms with E-state index in [1.807, 2.05) is 0 Å². The first-order chi connectivity index (χ1) is 5.04. The van der Waals surface area contributed by atoms with E-state index in [2.05, 4.69) is 45.5 Å². The van der Waals surface area contributed by atoms with Crippen LogP contribution in [0, 0.1) is 5.92 Å². The molecule has 1 aliphatic heterocycles. The summed E-state index contributed by atoms with van der Waals surface area (Å²) in [6.07, 6.45) is 4.97. The van der Waals surface area contributed by atoms with Crippen molar-refractivity contribution in [3.63, 3.8) is 0 Å². The van der Waals surface area contributed by atoms with Crippen molar-refractivity contribution in [1.29, 1.82) is 0 Å². The van der Waals surface area contributed by atoms with Crippen LogP contribution in [0.2, 0.25) is 0 Å². The highest BCUT2D eigenvalue weighted by molar-refractivity contribution is 8.04. The van der Waals surface area contributed by atoms with Crippen LogP contribution in [0.1, 0.15) is 40.5 Å². The van der Waals surface area contributed by atoms with E-state index in [1.165, 1.54) is 17.7 Å². The van der Waals surface area contributed by atoms with Gasteiger partial charge in [0.25, 0.3) is 0 Å². The number of thioether (sulfide) groups is 1. The molecule has 11 heavy (non-hydrogen) atoms. The van der Waals surface area contributed by atoms with Gasteiger partial charge in [-0.25, -0.2) is 0 Å². The highest BCUT2D eigenvalue weighted by Gasteiger charge is 2.30. The molecule has 0 spiro atoms. The maximum Gasteiger partial charge on any atom is 0.0201 e. The van der Waals surface area contributed by atoms with E-state index in [0.717, 1.165) is 5.92 Å². The maximum atomic E-state index is 2.39. The first kappa shape index (κ1) is 9.18. The molecule has 64 valence electrons. The Kier molecular flexibility index (Phi) is 2.69. The number of rotatable bonds is 1. The summed E-state index contributed by atoms with van der Waals surface area (Å²) in [6.45, 7) is 9.26. The average molecular weight is 170 g/mol. The van der Waals surface area contributed by atoms with Crippen molar-refractivity contribution in [2.24, 2.45) is 5.92 Å². The van der Waals surface area contributed by atoms with E-state index in [9.17, 15) is 0 Å². The van der Waals surface area contributed by atoms with E-state index in [4.69, 9.17) is 0 Å². The molecule has 0 bridgehead atoms. The normalized spacial score (nSPS) is 32.3. The van der Waals surface area contributed by atoms with Crippen LogP contribution >= 0.6 is 11.8 Å². The molecule has 0 aromatic carbocycles. The highest BCUT2D eigenvalue weighted by atomic mass is 32.2. The summed E-state index contributed by atoms with van der Waals surface area (Å²) in [4.78, 5) is 1.51. The largest absolute Gasteiger partial charge is 0.124 e. The Hall–Kier alpha value is 0.0900. The van der Waals surface area contributed by atoms with Crippen LogP contribution in [0.25, 0.3) is 0 Å². The molecule has 0 saturated carbocycles. The number of allylic oxidation sites excluding steroid dienone is 2. The molecular weight excluding hydrogens is 152 g/mol. The SMILES string of the molecule is CC1=CCCC(C)(C(C)C)S1. The van der Waals surface area contributed by atoms with Crippen molar-refractivity contribution < 1.29 is 0 Å². The minimum absolute atomic E-state index is 0.499. The van der Waals surface area contributed by atoms with Gasteiger partial charge in [0.15, 0.2) is 0 Å². The molecule has 1 heterocycles. The van der Waals surface area contributed by atoms with Crippen LogP contribution in [0.5, 0.6) is 0 Å². The number of hydrogen-bond acceptors (Lipinski definition) is 1. The molecule has 1 atom stereocenters. The third-order valence-electron chi connectivity index (χ3n) is 2.69. The van der Waals surface area contributed by atoms with Crippen molar-refractivity contribution in [2.75, 3.05) is 0 Å². The fourth-order valence-corrected chi connectivity index (χ4v) is 2.82. The number of hydrogen-bond donors (Lipinski definition) is 0. The van der Waals surface area contributed by atoms with Crippen molar-refractivity contribution in [3.8, 4) is 0 Å². The standard InChI is InChI=1S/C10H18S/c1-8(2)10(4)7-5-6-9(3)11-10/h6,8H,5,7H2,1-4H3. The lowest BCUT2D eigenvalue weighted by Crippen LogP contribution is -2.28. The maximum absolute atomic E-state index is 2.39. The van der Waals surface area contributed by atoms with Crippen LogP contribution in [0.4, 0.5) is 0 Å². The summed E-state index contributed by atoms with van der Waals surface area (Å²) in [5.74, 6) is 0.788. The minimum Gasteiger partial charge on any atom is -0.124 e. The monoisotopic (exact) mass is 170 g/mol. The first-order valence-electron chi connectivity index (χ1n) is 4.40. The average Bonchev–Trinajstić information content (AvgIpc) is 1.86. The molecule has 0 radical (unpaired) electrons. The third-order valence-corrected chi connectivity index (χ3v) is 4.32. The summed E-state index contributed by atoms with van der Waals surface area (Å²) < 4.78 is 0.499. The van der Waals surface area contributed by atoms with Gasteiger partial charge in [-0.1, -0.05) is 19.9 Å². The Labute approximate surface area is 74.5 Å². The van der Waals surface area contributed by atoms with Crippen molar-refractivity contribution in [1.82, 2.24) is 0 Å². The molecule has 0 amide bonds.